The molecule has 0 saturated carbocycles. The third-order valence-corrected chi connectivity index (χ3v) is 4.22. The number of hydrogen-bond donors (Lipinski definition) is 0. The molecule has 2 heterocycles. The summed E-state index contributed by atoms with van der Waals surface area (Å²) in [5.41, 5.74) is 4.69. The highest BCUT2D eigenvalue weighted by atomic mass is 15.1. The molecule has 2 nitrogen and oxygen atoms in total. The first-order valence-corrected chi connectivity index (χ1v) is 8.72. The fraction of sp³-hybridized carbons (Fsp3) is 0.550. The zero-order chi connectivity index (χ0) is 16.4. The van der Waals surface area contributed by atoms with E-state index in [1.54, 1.807) is 0 Å². The van der Waals surface area contributed by atoms with Crippen molar-refractivity contribution in [3.8, 4) is 0 Å². The summed E-state index contributed by atoms with van der Waals surface area (Å²) in [6, 6.07) is 0. The molecule has 0 spiro atoms. The van der Waals surface area contributed by atoms with E-state index in [0.717, 1.165) is 17.7 Å². The molecule has 1 aliphatic heterocycles. The maximum Gasteiger partial charge on any atom is 0.0450 e. The van der Waals surface area contributed by atoms with Gasteiger partial charge in [-0.15, -0.1) is 0 Å². The molecule has 0 atom stereocenters. The lowest BCUT2D eigenvalue weighted by atomic mass is 9.98. The molecule has 122 valence electrons. The molecule has 22 heavy (non-hydrogen) atoms. The van der Waals surface area contributed by atoms with Crippen LogP contribution in [0.2, 0.25) is 0 Å². The molecule has 1 aromatic heterocycles. The lowest BCUT2D eigenvalue weighted by Crippen LogP contribution is -2.30. The third-order valence-electron chi connectivity index (χ3n) is 4.22. The van der Waals surface area contributed by atoms with Gasteiger partial charge in [0, 0.05) is 17.5 Å². The first kappa shape index (κ1) is 18.6. The van der Waals surface area contributed by atoms with Crippen LogP contribution in [-0.2, 0) is 6.42 Å². The highest BCUT2D eigenvalue weighted by Crippen LogP contribution is 2.21. The van der Waals surface area contributed by atoms with E-state index in [1.807, 2.05) is 39.1 Å². The Bertz CT molecular complexity index is 471. The van der Waals surface area contributed by atoms with E-state index in [4.69, 9.17) is 0 Å². The van der Waals surface area contributed by atoms with E-state index >= 15 is 0 Å². The Balaban J connectivity index is 0.00000116. The van der Waals surface area contributed by atoms with Gasteiger partial charge >= 0.3 is 0 Å². The number of piperidine rings is 1. The van der Waals surface area contributed by atoms with Crippen molar-refractivity contribution in [3.63, 3.8) is 0 Å². The normalized spacial score (nSPS) is 14.9. The van der Waals surface area contributed by atoms with Gasteiger partial charge in [-0.25, -0.2) is 0 Å². The standard InChI is InChI=1S/C18H26N2.C2H6/c1-4-17-15(3)19-14-16(18(17)5-2)10-9-13-20-11-7-6-8-12-20;1-2/h4-5,14H,1-2,6-13H2,3H3;1-2H3. The molecule has 1 fully saturated rings. The Morgan fingerprint density at radius 2 is 1.73 bits per heavy atom. The second-order valence-corrected chi connectivity index (χ2v) is 5.61. The minimum Gasteiger partial charge on any atom is -0.303 e. The van der Waals surface area contributed by atoms with Crippen molar-refractivity contribution >= 4 is 12.2 Å². The van der Waals surface area contributed by atoms with Crippen LogP contribution < -0.4 is 0 Å². The molecule has 2 rings (SSSR count). The number of likely N-dealkylation sites (tertiary alicyclic amines) is 1. The Morgan fingerprint density at radius 3 is 2.32 bits per heavy atom. The van der Waals surface area contributed by atoms with Crippen molar-refractivity contribution in [3.05, 3.63) is 41.7 Å². The molecule has 0 bridgehead atoms. The molecule has 1 aromatic rings. The summed E-state index contributed by atoms with van der Waals surface area (Å²) in [6.45, 7) is 17.6. The van der Waals surface area contributed by atoms with Crippen LogP contribution in [0.1, 0.15) is 61.9 Å². The molecule has 0 N–H and O–H groups in total. The zero-order valence-corrected chi connectivity index (χ0v) is 14.7. The summed E-state index contributed by atoms with van der Waals surface area (Å²) in [5, 5.41) is 0. The molecule has 0 radical (unpaired) electrons. The van der Waals surface area contributed by atoms with Gasteiger partial charge in [-0.3, -0.25) is 4.98 Å². The van der Waals surface area contributed by atoms with E-state index in [0.29, 0.717) is 0 Å². The smallest absolute Gasteiger partial charge is 0.0450 e. The van der Waals surface area contributed by atoms with Crippen molar-refractivity contribution < 1.29 is 0 Å². The van der Waals surface area contributed by atoms with Crippen LogP contribution in [0.4, 0.5) is 0 Å². The van der Waals surface area contributed by atoms with Gasteiger partial charge in [-0.1, -0.05) is 45.6 Å². The van der Waals surface area contributed by atoms with E-state index in [-0.39, 0.29) is 0 Å². The van der Waals surface area contributed by atoms with Gasteiger partial charge < -0.3 is 4.90 Å². The molecular formula is C20H32N2. The SMILES string of the molecule is C=Cc1c(CCCN2CCCCC2)cnc(C)c1C=C.CC. The van der Waals surface area contributed by atoms with Crippen LogP contribution in [-0.4, -0.2) is 29.5 Å². The van der Waals surface area contributed by atoms with Crippen LogP contribution in [0.5, 0.6) is 0 Å². The topological polar surface area (TPSA) is 16.1 Å². The van der Waals surface area contributed by atoms with Crippen molar-refractivity contribution in [2.45, 2.75) is 52.9 Å². The van der Waals surface area contributed by atoms with Gasteiger partial charge in [-0.05, 0) is 63.4 Å². The van der Waals surface area contributed by atoms with Crippen LogP contribution in [0.3, 0.4) is 0 Å². The Labute approximate surface area is 137 Å². The first-order valence-electron chi connectivity index (χ1n) is 8.72. The molecular weight excluding hydrogens is 268 g/mol. The molecule has 2 heteroatoms. The van der Waals surface area contributed by atoms with Crippen LogP contribution in [0, 0.1) is 6.92 Å². The van der Waals surface area contributed by atoms with E-state index < -0.39 is 0 Å². The van der Waals surface area contributed by atoms with Gasteiger partial charge in [0.1, 0.15) is 0 Å². The van der Waals surface area contributed by atoms with Crippen LogP contribution >= 0.6 is 0 Å². The minimum absolute atomic E-state index is 1.04. The van der Waals surface area contributed by atoms with Gasteiger partial charge in [0.15, 0.2) is 0 Å². The van der Waals surface area contributed by atoms with Crippen molar-refractivity contribution in [1.29, 1.82) is 0 Å². The lowest BCUT2D eigenvalue weighted by Gasteiger charge is -2.26. The molecule has 1 saturated heterocycles. The average molecular weight is 300 g/mol. The van der Waals surface area contributed by atoms with Gasteiger partial charge in [0.25, 0.3) is 0 Å². The van der Waals surface area contributed by atoms with E-state index in [9.17, 15) is 0 Å². The summed E-state index contributed by atoms with van der Waals surface area (Å²) in [4.78, 5) is 7.08. The zero-order valence-electron chi connectivity index (χ0n) is 14.7. The van der Waals surface area contributed by atoms with Gasteiger partial charge in [-0.2, -0.15) is 0 Å². The number of nitrogens with zero attached hydrogens (tertiary/aromatic N) is 2. The molecule has 0 aromatic carbocycles. The highest BCUT2D eigenvalue weighted by molar-refractivity contribution is 5.67. The summed E-state index contributed by atoms with van der Waals surface area (Å²) < 4.78 is 0. The predicted octanol–water partition coefficient (Wildman–Crippen LogP) is 5.12. The average Bonchev–Trinajstić information content (AvgIpc) is 2.58. The molecule has 0 amide bonds. The van der Waals surface area contributed by atoms with Crippen LogP contribution in [0.15, 0.2) is 19.4 Å². The Morgan fingerprint density at radius 1 is 1.09 bits per heavy atom. The largest absolute Gasteiger partial charge is 0.303 e. The Hall–Kier alpha value is -1.41. The summed E-state index contributed by atoms with van der Waals surface area (Å²) >= 11 is 0. The van der Waals surface area contributed by atoms with Crippen molar-refractivity contribution in [1.82, 2.24) is 9.88 Å². The van der Waals surface area contributed by atoms with E-state index in [1.165, 1.54) is 56.4 Å². The highest BCUT2D eigenvalue weighted by Gasteiger charge is 2.11. The number of aryl methyl sites for hydroxylation is 2. The quantitative estimate of drug-likeness (QED) is 0.725. The Kier molecular flexibility index (Phi) is 8.76. The summed E-state index contributed by atoms with van der Waals surface area (Å²) in [7, 11) is 0. The maximum absolute atomic E-state index is 4.49. The number of aromatic nitrogens is 1. The van der Waals surface area contributed by atoms with Gasteiger partial charge in [0.2, 0.25) is 0 Å². The molecule has 0 aliphatic carbocycles. The monoisotopic (exact) mass is 300 g/mol. The van der Waals surface area contributed by atoms with Crippen molar-refractivity contribution in [2.24, 2.45) is 0 Å². The molecule has 0 unspecified atom stereocenters. The third kappa shape index (κ3) is 5.10. The van der Waals surface area contributed by atoms with Crippen molar-refractivity contribution in [2.75, 3.05) is 19.6 Å². The minimum atomic E-state index is 1.04. The summed E-state index contributed by atoms with van der Waals surface area (Å²) in [5.74, 6) is 0. The molecule has 1 aliphatic rings. The van der Waals surface area contributed by atoms with Crippen LogP contribution in [0.25, 0.3) is 12.2 Å². The van der Waals surface area contributed by atoms with Gasteiger partial charge in [0.05, 0.1) is 0 Å². The maximum atomic E-state index is 4.49. The predicted molar refractivity (Wildman–Crippen MR) is 99.1 cm³/mol. The second-order valence-electron chi connectivity index (χ2n) is 5.61. The lowest BCUT2D eigenvalue weighted by molar-refractivity contribution is 0.226. The summed E-state index contributed by atoms with van der Waals surface area (Å²) in [6.07, 6.45) is 12.3. The fourth-order valence-electron chi connectivity index (χ4n) is 3.06. The fourth-order valence-corrected chi connectivity index (χ4v) is 3.06. The first-order chi connectivity index (χ1) is 10.8. The number of rotatable bonds is 6. The second kappa shape index (κ2) is 10.3. The van der Waals surface area contributed by atoms with E-state index in [2.05, 4.69) is 23.0 Å². The number of hydrogen-bond acceptors (Lipinski definition) is 2. The number of pyridine rings is 1.